The van der Waals surface area contributed by atoms with Crippen LogP contribution >= 0.6 is 0 Å². The van der Waals surface area contributed by atoms with Gasteiger partial charge >= 0.3 is 0 Å². The normalized spacial score (nSPS) is 18.7. The smallest absolute Gasteiger partial charge is 0.290 e. The maximum atomic E-state index is 13.6. The van der Waals surface area contributed by atoms with Gasteiger partial charge in [0.25, 0.3) is 5.91 Å². The van der Waals surface area contributed by atoms with Gasteiger partial charge in [0, 0.05) is 17.6 Å². The minimum atomic E-state index is -0.0509. The van der Waals surface area contributed by atoms with E-state index in [0.717, 1.165) is 42.3 Å². The molecule has 2 aromatic heterocycles. The lowest BCUT2D eigenvalue weighted by molar-refractivity contribution is 0.0572. The first kappa shape index (κ1) is 19.6. The molecule has 1 saturated carbocycles. The number of carbonyl (C=O) groups is 1. The molecular weight excluding hydrogens is 384 g/mol. The lowest BCUT2D eigenvalue weighted by atomic mass is 9.81. The molecule has 2 aromatic carbocycles. The number of benzene rings is 2. The van der Waals surface area contributed by atoms with E-state index in [1.165, 1.54) is 5.56 Å². The Morgan fingerprint density at radius 3 is 2.39 bits per heavy atom. The van der Waals surface area contributed by atoms with Gasteiger partial charge in [-0.25, -0.2) is 0 Å². The lowest BCUT2D eigenvalue weighted by Gasteiger charge is -2.36. The topological polar surface area (TPSA) is 46.3 Å². The molecule has 0 saturated heterocycles. The fourth-order valence-electron chi connectivity index (χ4n) is 4.71. The lowest BCUT2D eigenvalue weighted by Crippen LogP contribution is -2.41. The van der Waals surface area contributed by atoms with Gasteiger partial charge in [0.1, 0.15) is 5.58 Å². The summed E-state index contributed by atoms with van der Waals surface area (Å²) in [6.45, 7) is 0.497. The minimum absolute atomic E-state index is 0.0509. The highest BCUT2D eigenvalue weighted by atomic mass is 16.3. The van der Waals surface area contributed by atoms with Crippen LogP contribution in [0.25, 0.3) is 11.0 Å². The van der Waals surface area contributed by atoms with Crippen LogP contribution < -0.4 is 0 Å². The van der Waals surface area contributed by atoms with Crippen LogP contribution in [0.3, 0.4) is 0 Å². The third kappa shape index (κ3) is 4.24. The Morgan fingerprint density at radius 2 is 1.65 bits per heavy atom. The second kappa shape index (κ2) is 8.76. The van der Waals surface area contributed by atoms with Gasteiger partial charge in [0.2, 0.25) is 0 Å². The highest BCUT2D eigenvalue weighted by Crippen LogP contribution is 2.36. The predicted octanol–water partition coefficient (Wildman–Crippen LogP) is 6.20. The zero-order valence-corrected chi connectivity index (χ0v) is 17.5. The van der Waals surface area contributed by atoms with Crippen LogP contribution in [0.1, 0.15) is 53.4 Å². The molecular formula is C27H26N2O2. The van der Waals surface area contributed by atoms with Crippen molar-refractivity contribution in [3.63, 3.8) is 0 Å². The number of rotatable bonds is 5. The van der Waals surface area contributed by atoms with Gasteiger partial charge in [0.15, 0.2) is 5.76 Å². The quantitative estimate of drug-likeness (QED) is 0.394. The third-order valence-corrected chi connectivity index (χ3v) is 6.36. The van der Waals surface area contributed by atoms with E-state index in [1.807, 2.05) is 53.4 Å². The molecule has 1 amide bonds. The standard InChI is InChI=1S/C27H26N2O2/c30-27(26-18-22-10-4-5-12-25(22)31-26)29(19-23-11-6-7-17-28-23)24-15-13-21(14-16-24)20-8-2-1-3-9-20/h1-12,17-18,21,24H,13-16,19H2. The number of carbonyl (C=O) groups excluding carboxylic acids is 1. The van der Waals surface area contributed by atoms with Crippen molar-refractivity contribution in [3.8, 4) is 0 Å². The average Bonchev–Trinajstić information content (AvgIpc) is 3.28. The van der Waals surface area contributed by atoms with Crippen LogP contribution in [0.5, 0.6) is 0 Å². The van der Waals surface area contributed by atoms with Gasteiger partial charge in [-0.3, -0.25) is 9.78 Å². The molecule has 1 aliphatic carbocycles. The number of furan rings is 1. The van der Waals surface area contributed by atoms with Gasteiger partial charge in [-0.15, -0.1) is 0 Å². The Morgan fingerprint density at radius 1 is 0.903 bits per heavy atom. The largest absolute Gasteiger partial charge is 0.451 e. The predicted molar refractivity (Wildman–Crippen MR) is 122 cm³/mol. The van der Waals surface area contributed by atoms with E-state index in [2.05, 4.69) is 35.3 Å². The molecule has 4 aromatic rings. The molecule has 31 heavy (non-hydrogen) atoms. The van der Waals surface area contributed by atoms with Crippen molar-refractivity contribution in [2.75, 3.05) is 0 Å². The van der Waals surface area contributed by atoms with Gasteiger partial charge in [-0.1, -0.05) is 54.6 Å². The van der Waals surface area contributed by atoms with Gasteiger partial charge < -0.3 is 9.32 Å². The van der Waals surface area contributed by atoms with Crippen molar-refractivity contribution in [1.82, 2.24) is 9.88 Å². The Balaban J connectivity index is 1.38. The van der Waals surface area contributed by atoms with Crippen LogP contribution in [-0.2, 0) is 6.54 Å². The number of hydrogen-bond donors (Lipinski definition) is 0. The number of amides is 1. The highest BCUT2D eigenvalue weighted by molar-refractivity contribution is 5.96. The van der Waals surface area contributed by atoms with Gasteiger partial charge in [0.05, 0.1) is 12.2 Å². The zero-order valence-electron chi connectivity index (χ0n) is 17.5. The zero-order chi connectivity index (χ0) is 21.0. The Bertz CT molecular complexity index is 1110. The maximum Gasteiger partial charge on any atom is 0.290 e. The van der Waals surface area contributed by atoms with Gasteiger partial charge in [-0.2, -0.15) is 0 Å². The fraction of sp³-hybridized carbons (Fsp3) is 0.259. The summed E-state index contributed by atoms with van der Waals surface area (Å²) < 4.78 is 5.92. The van der Waals surface area contributed by atoms with E-state index in [1.54, 1.807) is 6.20 Å². The van der Waals surface area contributed by atoms with Crippen molar-refractivity contribution in [2.45, 2.75) is 44.2 Å². The molecule has 5 rings (SSSR count). The molecule has 0 atom stereocenters. The monoisotopic (exact) mass is 410 g/mol. The number of fused-ring (bicyclic) bond motifs is 1. The first-order valence-corrected chi connectivity index (χ1v) is 11.0. The van der Waals surface area contributed by atoms with Crippen LogP contribution in [-0.4, -0.2) is 21.8 Å². The van der Waals surface area contributed by atoms with Crippen molar-refractivity contribution in [2.24, 2.45) is 0 Å². The summed E-state index contributed by atoms with van der Waals surface area (Å²) in [6, 6.07) is 26.4. The summed E-state index contributed by atoms with van der Waals surface area (Å²) in [5.74, 6) is 0.919. The Hall–Kier alpha value is -3.40. The van der Waals surface area contributed by atoms with Crippen molar-refractivity contribution in [3.05, 3.63) is 102 Å². The van der Waals surface area contributed by atoms with E-state index >= 15 is 0 Å². The third-order valence-electron chi connectivity index (χ3n) is 6.36. The molecule has 0 spiro atoms. The van der Waals surface area contributed by atoms with Crippen molar-refractivity contribution < 1.29 is 9.21 Å². The number of pyridine rings is 1. The maximum absolute atomic E-state index is 13.6. The Kier molecular flexibility index (Phi) is 5.53. The van der Waals surface area contributed by atoms with E-state index in [-0.39, 0.29) is 11.9 Å². The molecule has 4 nitrogen and oxygen atoms in total. The van der Waals surface area contributed by atoms with E-state index in [0.29, 0.717) is 18.2 Å². The summed E-state index contributed by atoms with van der Waals surface area (Å²) in [7, 11) is 0. The first-order chi connectivity index (χ1) is 15.3. The van der Waals surface area contributed by atoms with Crippen LogP contribution in [0.15, 0.2) is 89.5 Å². The molecule has 0 N–H and O–H groups in total. The molecule has 1 fully saturated rings. The van der Waals surface area contributed by atoms with Crippen LogP contribution in [0, 0.1) is 0 Å². The molecule has 0 unspecified atom stereocenters. The second-order valence-corrected chi connectivity index (χ2v) is 8.32. The minimum Gasteiger partial charge on any atom is -0.451 e. The SMILES string of the molecule is O=C(c1cc2ccccc2o1)N(Cc1ccccn1)C1CCC(c2ccccc2)CC1. The Labute approximate surface area is 182 Å². The number of hydrogen-bond acceptors (Lipinski definition) is 3. The van der Waals surface area contributed by atoms with Crippen LogP contribution in [0.2, 0.25) is 0 Å². The summed E-state index contributed by atoms with van der Waals surface area (Å²) in [5.41, 5.74) is 3.05. The number of nitrogens with zero attached hydrogens (tertiary/aromatic N) is 2. The molecule has 4 heteroatoms. The summed E-state index contributed by atoms with van der Waals surface area (Å²) in [5, 5.41) is 0.955. The molecule has 1 aliphatic rings. The van der Waals surface area contributed by atoms with E-state index < -0.39 is 0 Å². The molecule has 2 heterocycles. The fourth-order valence-corrected chi connectivity index (χ4v) is 4.71. The summed E-state index contributed by atoms with van der Waals surface area (Å²) >= 11 is 0. The number of para-hydroxylation sites is 1. The van der Waals surface area contributed by atoms with E-state index in [4.69, 9.17) is 4.42 Å². The van der Waals surface area contributed by atoms with Crippen molar-refractivity contribution >= 4 is 16.9 Å². The van der Waals surface area contributed by atoms with E-state index in [9.17, 15) is 4.79 Å². The highest BCUT2D eigenvalue weighted by Gasteiger charge is 2.31. The second-order valence-electron chi connectivity index (χ2n) is 8.32. The molecule has 156 valence electrons. The molecule has 0 bridgehead atoms. The average molecular weight is 411 g/mol. The van der Waals surface area contributed by atoms with Crippen LogP contribution in [0.4, 0.5) is 0 Å². The number of aromatic nitrogens is 1. The first-order valence-electron chi connectivity index (χ1n) is 11.0. The molecule has 0 aliphatic heterocycles. The molecule has 0 radical (unpaired) electrons. The van der Waals surface area contributed by atoms with Gasteiger partial charge in [-0.05, 0) is 61.4 Å². The summed E-state index contributed by atoms with van der Waals surface area (Å²) in [4.78, 5) is 20.0. The van der Waals surface area contributed by atoms with Crippen molar-refractivity contribution in [1.29, 1.82) is 0 Å². The summed E-state index contributed by atoms with van der Waals surface area (Å²) in [6.07, 6.45) is 5.92.